The van der Waals surface area contributed by atoms with Crippen molar-refractivity contribution in [3.63, 3.8) is 0 Å². The van der Waals surface area contributed by atoms with Crippen LogP contribution in [0.5, 0.6) is 0 Å². The minimum absolute atomic E-state index is 0. The molecule has 196 valence electrons. The second-order valence-electron chi connectivity index (χ2n) is 9.69. The van der Waals surface area contributed by atoms with E-state index in [0.717, 1.165) is 75.9 Å². The van der Waals surface area contributed by atoms with E-state index in [1.54, 1.807) is 0 Å². The summed E-state index contributed by atoms with van der Waals surface area (Å²) in [5.74, 6) is 2.06. The number of allylic oxidation sites excluding steroid dienone is 2. The summed E-state index contributed by atoms with van der Waals surface area (Å²) >= 11 is 0. The highest BCUT2D eigenvalue weighted by molar-refractivity contribution is 6.40. The molecule has 36 heavy (non-hydrogen) atoms. The molecule has 2 aliphatic heterocycles. The highest BCUT2D eigenvalue weighted by Crippen LogP contribution is 2.41. The molecule has 3 aliphatic rings. The Morgan fingerprint density at radius 1 is 1.00 bits per heavy atom. The highest BCUT2D eigenvalue weighted by Gasteiger charge is 2.43. The molecule has 0 amide bonds. The van der Waals surface area contributed by atoms with E-state index >= 15 is 0 Å². The van der Waals surface area contributed by atoms with Crippen LogP contribution in [-0.2, 0) is 10.9 Å². The molecule has 3 heterocycles. The quantitative estimate of drug-likeness (QED) is 0.431. The van der Waals surface area contributed by atoms with Gasteiger partial charge in [-0.2, -0.15) is 13.2 Å². The van der Waals surface area contributed by atoms with Crippen LogP contribution in [0.25, 0.3) is 5.70 Å². The summed E-state index contributed by atoms with van der Waals surface area (Å²) in [6.07, 6.45) is 7.39. The number of ether oxygens (including phenoxy) is 1. The van der Waals surface area contributed by atoms with Gasteiger partial charge in [0.1, 0.15) is 0 Å². The molecule has 1 saturated carbocycles. The maximum Gasteiger partial charge on any atom is 0.417 e. The molecule has 6 N–H and O–H groups in total. The van der Waals surface area contributed by atoms with Gasteiger partial charge < -0.3 is 26.8 Å². The number of aromatic nitrogens is 1. The van der Waals surface area contributed by atoms with E-state index in [1.807, 2.05) is 0 Å². The fourth-order valence-electron chi connectivity index (χ4n) is 5.32. The van der Waals surface area contributed by atoms with Gasteiger partial charge in [-0.1, -0.05) is 19.2 Å². The molecule has 6 nitrogen and oxygen atoms in total. The Labute approximate surface area is 215 Å². The van der Waals surface area contributed by atoms with Crippen LogP contribution < -0.4 is 17.2 Å². The Morgan fingerprint density at radius 2 is 1.67 bits per heavy atom. The van der Waals surface area contributed by atoms with Gasteiger partial charge in [0.15, 0.2) is 0 Å². The summed E-state index contributed by atoms with van der Waals surface area (Å²) in [4.78, 5) is 5.98. The van der Waals surface area contributed by atoms with Gasteiger partial charge in [-0.05, 0) is 68.1 Å². The molecule has 3 fully saturated rings. The molecule has 0 spiro atoms. The molecule has 3 unspecified atom stereocenters. The van der Waals surface area contributed by atoms with Gasteiger partial charge in [0.2, 0.25) is 0 Å². The lowest BCUT2D eigenvalue weighted by Gasteiger charge is -2.44. The number of pyridine rings is 1. The summed E-state index contributed by atoms with van der Waals surface area (Å²) in [6, 6.07) is 0.853. The van der Waals surface area contributed by atoms with Gasteiger partial charge in [0.05, 0.1) is 27.1 Å². The van der Waals surface area contributed by atoms with Gasteiger partial charge in [-0.15, -0.1) is 0 Å². The SMILES string of the molecule is C.NC(N)=C/C=C(\N)c1cnccc1C(F)(F)F.[B]C([B])(C1CCCOCC1)N1CC2CCCC2C1. The number of hydrogen-bond acceptors (Lipinski definition) is 6. The monoisotopic (exact) mass is 503 g/mol. The van der Waals surface area contributed by atoms with Gasteiger partial charge in [0, 0.05) is 50.0 Å². The van der Waals surface area contributed by atoms with Gasteiger partial charge in [-0.25, -0.2) is 0 Å². The Kier molecular flexibility index (Phi) is 10.8. The highest BCUT2D eigenvalue weighted by atomic mass is 19.4. The van der Waals surface area contributed by atoms with Gasteiger partial charge >= 0.3 is 6.18 Å². The topological polar surface area (TPSA) is 103 Å². The number of nitrogens with zero attached hydrogens (tertiary/aromatic N) is 2. The van der Waals surface area contributed by atoms with E-state index in [2.05, 4.69) is 9.88 Å². The lowest BCUT2D eigenvalue weighted by molar-refractivity contribution is -0.137. The first kappa shape index (κ1) is 30.1. The second-order valence-corrected chi connectivity index (χ2v) is 9.69. The van der Waals surface area contributed by atoms with Crippen molar-refractivity contribution < 1.29 is 17.9 Å². The Morgan fingerprint density at radius 3 is 2.28 bits per heavy atom. The molecule has 1 aromatic heterocycles. The third-order valence-electron chi connectivity index (χ3n) is 7.27. The molecule has 4 rings (SSSR count). The van der Waals surface area contributed by atoms with Crippen LogP contribution in [0.4, 0.5) is 13.2 Å². The molecule has 2 saturated heterocycles. The lowest BCUT2D eigenvalue weighted by atomic mass is 9.52. The Hall–Kier alpha value is -2.13. The zero-order valence-electron chi connectivity index (χ0n) is 20.0. The normalized spacial score (nSPS) is 25.1. The molecule has 0 bridgehead atoms. The molecule has 3 atom stereocenters. The van der Waals surface area contributed by atoms with Crippen LogP contribution in [0.3, 0.4) is 0 Å². The van der Waals surface area contributed by atoms with Crippen molar-refractivity contribution in [1.29, 1.82) is 0 Å². The number of halogens is 3. The number of nitrogens with two attached hydrogens (primary N) is 3. The molecule has 4 radical (unpaired) electrons. The fraction of sp³-hybridized carbons (Fsp3) is 0.640. The largest absolute Gasteiger partial charge is 0.417 e. The van der Waals surface area contributed by atoms with Crippen LogP contribution in [0.1, 0.15) is 57.1 Å². The minimum Gasteiger partial charge on any atom is -0.398 e. The number of fused-ring (bicyclic) bond motifs is 1. The smallest absolute Gasteiger partial charge is 0.398 e. The van der Waals surface area contributed by atoms with Crippen LogP contribution in [0.2, 0.25) is 0 Å². The van der Waals surface area contributed by atoms with E-state index in [0.29, 0.717) is 5.92 Å². The van der Waals surface area contributed by atoms with E-state index in [-0.39, 0.29) is 24.5 Å². The minimum atomic E-state index is -4.49. The molecule has 1 aliphatic carbocycles. The Bertz CT molecular complexity index is 886. The first-order valence-corrected chi connectivity index (χ1v) is 12.1. The summed E-state index contributed by atoms with van der Waals surface area (Å²) in [5.41, 5.74) is 14.6. The summed E-state index contributed by atoms with van der Waals surface area (Å²) in [7, 11) is 13.0. The van der Waals surface area contributed by atoms with E-state index in [4.69, 9.17) is 37.6 Å². The van der Waals surface area contributed by atoms with Crippen LogP contribution >= 0.6 is 0 Å². The first-order chi connectivity index (χ1) is 16.5. The van der Waals surface area contributed by atoms with E-state index in [9.17, 15) is 13.2 Å². The predicted octanol–water partition coefficient (Wildman–Crippen LogP) is 3.32. The van der Waals surface area contributed by atoms with Crippen molar-refractivity contribution in [3.8, 4) is 0 Å². The number of likely N-dealkylation sites (tertiary alicyclic amines) is 1. The number of hydrogen-bond donors (Lipinski definition) is 3. The molecular weight excluding hydrogens is 465 g/mol. The third-order valence-corrected chi connectivity index (χ3v) is 7.27. The molecule has 0 aromatic carbocycles. The Balaban J connectivity index is 0.000000247. The zero-order valence-corrected chi connectivity index (χ0v) is 20.0. The fourth-order valence-corrected chi connectivity index (χ4v) is 5.32. The lowest BCUT2D eigenvalue weighted by Crippen LogP contribution is -2.54. The first-order valence-electron chi connectivity index (χ1n) is 12.1. The van der Waals surface area contributed by atoms with Gasteiger partial charge in [-0.3, -0.25) is 4.98 Å². The van der Waals surface area contributed by atoms with Crippen molar-refractivity contribution >= 4 is 21.4 Å². The summed E-state index contributed by atoms with van der Waals surface area (Å²) < 4.78 is 43.4. The van der Waals surface area contributed by atoms with Crippen LogP contribution in [0, 0.1) is 17.8 Å². The molecule has 11 heteroatoms. The molecule has 1 aromatic rings. The van der Waals surface area contributed by atoms with Gasteiger partial charge in [0.25, 0.3) is 0 Å². The predicted molar refractivity (Wildman–Crippen MR) is 139 cm³/mol. The summed E-state index contributed by atoms with van der Waals surface area (Å²) in [5, 5.41) is -0.613. The van der Waals surface area contributed by atoms with Crippen molar-refractivity contribution in [1.82, 2.24) is 9.88 Å². The third kappa shape index (κ3) is 7.68. The van der Waals surface area contributed by atoms with Crippen LogP contribution in [0.15, 0.2) is 36.4 Å². The standard InChI is InChI=1S/C14H23B2NO.C10H11F3N4.CH4/c15-14(16,13-5-2-7-18-8-6-13)17-9-11-3-1-4-12(11)10-17;11-10(12,13)7-3-4-17-5-6(7)8(14)1-2-9(15)16;/h11-13H,1-10H2;1-5H,14-16H2;1H4/b;8-1-;. The zero-order chi connectivity index (χ0) is 25.6. The van der Waals surface area contributed by atoms with Crippen molar-refractivity contribution in [2.45, 2.75) is 57.5 Å². The van der Waals surface area contributed by atoms with E-state index in [1.165, 1.54) is 31.4 Å². The van der Waals surface area contributed by atoms with Crippen molar-refractivity contribution in [2.75, 3.05) is 26.3 Å². The number of alkyl halides is 3. The average molecular weight is 503 g/mol. The maximum absolute atomic E-state index is 12.6. The molecular formula is C25H38B2F3N5O. The van der Waals surface area contributed by atoms with Crippen molar-refractivity contribution in [2.24, 2.45) is 35.0 Å². The summed E-state index contributed by atoms with van der Waals surface area (Å²) in [6.45, 7) is 3.93. The maximum atomic E-state index is 12.6. The van der Waals surface area contributed by atoms with Crippen LogP contribution in [-0.4, -0.2) is 57.2 Å². The second kappa shape index (κ2) is 12.9. The van der Waals surface area contributed by atoms with Crippen molar-refractivity contribution in [3.05, 3.63) is 47.6 Å². The van der Waals surface area contributed by atoms with E-state index < -0.39 is 17.1 Å². The number of rotatable bonds is 4. The average Bonchev–Trinajstić information content (AvgIpc) is 3.30.